The molecule has 2 aromatic heterocycles. The fourth-order valence-corrected chi connectivity index (χ4v) is 1.76. The summed E-state index contributed by atoms with van der Waals surface area (Å²) in [5.74, 6) is 0.666. The topological polar surface area (TPSA) is 63.8 Å². The van der Waals surface area contributed by atoms with E-state index < -0.39 is 0 Å². The molecule has 2 rings (SSSR count). The van der Waals surface area contributed by atoms with Gasteiger partial charge in [-0.2, -0.15) is 0 Å². The first-order chi connectivity index (χ1) is 8.15. The van der Waals surface area contributed by atoms with Gasteiger partial charge in [0, 0.05) is 24.1 Å². The van der Waals surface area contributed by atoms with Crippen LogP contribution in [-0.4, -0.2) is 9.97 Å². The van der Waals surface area contributed by atoms with Gasteiger partial charge in [0.2, 0.25) is 0 Å². The molecule has 4 nitrogen and oxygen atoms in total. The molecule has 1 atom stereocenters. The van der Waals surface area contributed by atoms with Gasteiger partial charge in [0.25, 0.3) is 0 Å². The molecule has 0 spiro atoms. The second kappa shape index (κ2) is 5.01. The molecule has 1 unspecified atom stereocenters. The van der Waals surface area contributed by atoms with Crippen LogP contribution in [0, 0.1) is 0 Å². The van der Waals surface area contributed by atoms with Crippen LogP contribution in [0.25, 0.3) is 0 Å². The number of nitrogens with one attached hydrogen (secondary N) is 1. The third-order valence-electron chi connectivity index (χ3n) is 2.39. The van der Waals surface area contributed by atoms with Gasteiger partial charge in [0.1, 0.15) is 11.0 Å². The SMILES string of the molecule is CC(Nc1cc(N)cc(Cl)n1)c1ccncc1. The third-order valence-corrected chi connectivity index (χ3v) is 2.58. The molecular weight excluding hydrogens is 236 g/mol. The molecule has 0 fully saturated rings. The Balaban J connectivity index is 2.16. The summed E-state index contributed by atoms with van der Waals surface area (Å²) in [7, 11) is 0. The number of rotatable bonds is 3. The Bertz CT molecular complexity index is 481. The molecular formula is C12H13ClN4. The van der Waals surface area contributed by atoms with Crippen LogP contribution >= 0.6 is 11.6 Å². The molecule has 0 saturated carbocycles. The fourth-order valence-electron chi connectivity index (χ4n) is 1.55. The lowest BCUT2D eigenvalue weighted by atomic mass is 10.1. The third kappa shape index (κ3) is 3.07. The number of hydrogen-bond acceptors (Lipinski definition) is 4. The highest BCUT2D eigenvalue weighted by Crippen LogP contribution is 2.21. The minimum absolute atomic E-state index is 0.114. The average Bonchev–Trinajstić information content (AvgIpc) is 2.28. The largest absolute Gasteiger partial charge is 0.399 e. The van der Waals surface area contributed by atoms with Crippen LogP contribution in [0.2, 0.25) is 5.15 Å². The maximum absolute atomic E-state index is 5.84. The minimum Gasteiger partial charge on any atom is -0.399 e. The zero-order chi connectivity index (χ0) is 12.3. The van der Waals surface area contributed by atoms with Crippen LogP contribution in [0.3, 0.4) is 0 Å². The van der Waals surface area contributed by atoms with Crippen molar-refractivity contribution < 1.29 is 0 Å². The van der Waals surface area contributed by atoms with Gasteiger partial charge in [-0.1, -0.05) is 11.6 Å². The first kappa shape index (κ1) is 11.7. The molecule has 5 heteroatoms. The molecule has 2 aromatic rings. The lowest BCUT2D eigenvalue weighted by Gasteiger charge is -2.15. The van der Waals surface area contributed by atoms with E-state index in [2.05, 4.69) is 15.3 Å². The maximum atomic E-state index is 5.84. The summed E-state index contributed by atoms with van der Waals surface area (Å²) in [6.07, 6.45) is 3.51. The molecule has 0 aliphatic rings. The predicted molar refractivity (Wildman–Crippen MR) is 69.9 cm³/mol. The summed E-state index contributed by atoms with van der Waals surface area (Å²) in [6.45, 7) is 2.04. The second-order valence-electron chi connectivity index (χ2n) is 3.76. The summed E-state index contributed by atoms with van der Waals surface area (Å²) in [5, 5.41) is 3.62. The smallest absolute Gasteiger partial charge is 0.133 e. The number of hydrogen-bond donors (Lipinski definition) is 2. The number of aromatic nitrogens is 2. The Morgan fingerprint density at radius 2 is 2.00 bits per heavy atom. The van der Waals surface area contributed by atoms with Gasteiger partial charge in [0.05, 0.1) is 6.04 Å². The molecule has 0 amide bonds. The first-order valence-electron chi connectivity index (χ1n) is 5.24. The number of nitrogens with two attached hydrogens (primary N) is 1. The van der Waals surface area contributed by atoms with Gasteiger partial charge in [-0.15, -0.1) is 0 Å². The van der Waals surface area contributed by atoms with Crippen molar-refractivity contribution in [3.05, 3.63) is 47.4 Å². The first-order valence-corrected chi connectivity index (χ1v) is 5.62. The van der Waals surface area contributed by atoms with Crippen molar-refractivity contribution in [2.24, 2.45) is 0 Å². The van der Waals surface area contributed by atoms with Crippen molar-refractivity contribution >= 4 is 23.1 Å². The maximum Gasteiger partial charge on any atom is 0.133 e. The van der Waals surface area contributed by atoms with E-state index in [1.54, 1.807) is 24.5 Å². The van der Waals surface area contributed by atoms with E-state index in [4.69, 9.17) is 17.3 Å². The van der Waals surface area contributed by atoms with Crippen LogP contribution < -0.4 is 11.1 Å². The molecule has 0 saturated heterocycles. The Morgan fingerprint density at radius 3 is 2.65 bits per heavy atom. The minimum atomic E-state index is 0.114. The highest BCUT2D eigenvalue weighted by molar-refractivity contribution is 6.29. The second-order valence-corrected chi connectivity index (χ2v) is 4.14. The molecule has 0 radical (unpaired) electrons. The van der Waals surface area contributed by atoms with Gasteiger partial charge in [0.15, 0.2) is 0 Å². The van der Waals surface area contributed by atoms with Crippen molar-refractivity contribution in [2.45, 2.75) is 13.0 Å². The molecule has 0 aliphatic heterocycles. The Labute approximate surface area is 105 Å². The Hall–Kier alpha value is -1.81. The fraction of sp³-hybridized carbons (Fsp3) is 0.167. The van der Waals surface area contributed by atoms with E-state index in [0.717, 1.165) is 5.56 Å². The lowest BCUT2D eigenvalue weighted by molar-refractivity contribution is 0.871. The van der Waals surface area contributed by atoms with Crippen molar-refractivity contribution in [1.82, 2.24) is 9.97 Å². The van der Waals surface area contributed by atoms with Gasteiger partial charge in [-0.05, 0) is 30.7 Å². The standard InChI is InChI=1S/C12H13ClN4/c1-8(9-2-4-15-5-3-9)16-12-7-10(14)6-11(13)17-12/h2-8H,1H3,(H3,14,16,17). The Kier molecular flexibility index (Phi) is 3.44. The van der Waals surface area contributed by atoms with Crippen LogP contribution in [0.15, 0.2) is 36.7 Å². The van der Waals surface area contributed by atoms with Crippen molar-refractivity contribution in [3.63, 3.8) is 0 Å². The van der Waals surface area contributed by atoms with Gasteiger partial charge in [-0.3, -0.25) is 4.98 Å². The number of pyridine rings is 2. The summed E-state index contributed by atoms with van der Waals surface area (Å²) in [4.78, 5) is 8.14. The molecule has 0 bridgehead atoms. The van der Waals surface area contributed by atoms with Crippen molar-refractivity contribution in [2.75, 3.05) is 11.1 Å². The molecule has 0 aliphatic carbocycles. The monoisotopic (exact) mass is 248 g/mol. The van der Waals surface area contributed by atoms with Crippen LogP contribution in [0.5, 0.6) is 0 Å². The van der Waals surface area contributed by atoms with Crippen LogP contribution in [-0.2, 0) is 0 Å². The normalized spacial score (nSPS) is 12.1. The van der Waals surface area contributed by atoms with Gasteiger partial charge >= 0.3 is 0 Å². The number of halogens is 1. The molecule has 17 heavy (non-hydrogen) atoms. The van der Waals surface area contributed by atoms with E-state index in [1.165, 1.54) is 0 Å². The van der Waals surface area contributed by atoms with Crippen LogP contribution in [0.4, 0.5) is 11.5 Å². The van der Waals surface area contributed by atoms with Gasteiger partial charge in [-0.25, -0.2) is 4.98 Å². The highest BCUT2D eigenvalue weighted by atomic mass is 35.5. The predicted octanol–water partition coefficient (Wildman–Crippen LogP) is 2.89. The zero-order valence-electron chi connectivity index (χ0n) is 9.39. The van der Waals surface area contributed by atoms with Crippen molar-refractivity contribution in [1.29, 1.82) is 0 Å². The molecule has 3 N–H and O–H groups in total. The zero-order valence-corrected chi connectivity index (χ0v) is 10.1. The molecule has 88 valence electrons. The van der Waals surface area contributed by atoms with E-state index >= 15 is 0 Å². The Morgan fingerprint density at radius 1 is 1.29 bits per heavy atom. The summed E-state index contributed by atoms with van der Waals surface area (Å²) in [5.41, 5.74) is 7.42. The number of nitrogen functional groups attached to an aromatic ring is 1. The summed E-state index contributed by atoms with van der Waals surface area (Å²) < 4.78 is 0. The van der Waals surface area contributed by atoms with Gasteiger partial charge < -0.3 is 11.1 Å². The van der Waals surface area contributed by atoms with Crippen molar-refractivity contribution in [3.8, 4) is 0 Å². The highest BCUT2D eigenvalue weighted by Gasteiger charge is 2.06. The number of anilines is 2. The van der Waals surface area contributed by atoms with E-state index in [-0.39, 0.29) is 6.04 Å². The average molecular weight is 249 g/mol. The summed E-state index contributed by atoms with van der Waals surface area (Å²) >= 11 is 5.84. The summed E-state index contributed by atoms with van der Waals surface area (Å²) in [6, 6.07) is 7.38. The van der Waals surface area contributed by atoms with E-state index in [1.807, 2.05) is 19.1 Å². The molecule has 0 aromatic carbocycles. The van der Waals surface area contributed by atoms with Crippen LogP contribution in [0.1, 0.15) is 18.5 Å². The quantitative estimate of drug-likeness (QED) is 0.820. The van der Waals surface area contributed by atoms with E-state index in [9.17, 15) is 0 Å². The lowest BCUT2D eigenvalue weighted by Crippen LogP contribution is -2.08. The number of nitrogens with zero attached hydrogens (tertiary/aromatic N) is 2. The molecule has 2 heterocycles. The van der Waals surface area contributed by atoms with E-state index in [0.29, 0.717) is 16.7 Å².